The number of aromatic nitrogens is 4. The van der Waals surface area contributed by atoms with Crippen molar-refractivity contribution < 1.29 is 4.42 Å². The number of anilines is 2. The molecule has 0 bridgehead atoms. The molecule has 0 saturated heterocycles. The molecule has 0 saturated carbocycles. The molecule has 0 radical (unpaired) electrons. The Bertz CT molecular complexity index is 532. The number of rotatable bonds is 6. The third-order valence-electron chi connectivity index (χ3n) is 2.77. The Labute approximate surface area is 112 Å². The van der Waals surface area contributed by atoms with Crippen LogP contribution < -0.4 is 10.6 Å². The van der Waals surface area contributed by atoms with Gasteiger partial charge in [-0.3, -0.25) is 4.68 Å². The van der Waals surface area contributed by atoms with E-state index in [1.807, 2.05) is 27.1 Å². The van der Waals surface area contributed by atoms with E-state index in [4.69, 9.17) is 4.42 Å². The molecule has 0 spiro atoms. The predicted molar refractivity (Wildman–Crippen MR) is 72.2 cm³/mol. The Morgan fingerprint density at radius 1 is 1.42 bits per heavy atom. The zero-order valence-corrected chi connectivity index (χ0v) is 11.8. The van der Waals surface area contributed by atoms with Crippen LogP contribution in [-0.2, 0) is 7.05 Å². The van der Waals surface area contributed by atoms with Gasteiger partial charge in [0.2, 0.25) is 5.89 Å². The molecule has 2 N–H and O–H groups in total. The fourth-order valence-corrected chi connectivity index (χ4v) is 1.75. The maximum absolute atomic E-state index is 5.58. The second-order valence-corrected chi connectivity index (χ2v) is 4.55. The highest BCUT2D eigenvalue weighted by Crippen LogP contribution is 2.20. The summed E-state index contributed by atoms with van der Waals surface area (Å²) in [7, 11) is 1.87. The molecule has 0 aromatic carbocycles. The minimum absolute atomic E-state index is 0.0537. The van der Waals surface area contributed by atoms with Gasteiger partial charge in [-0.05, 0) is 26.8 Å². The van der Waals surface area contributed by atoms with Gasteiger partial charge in [0.15, 0.2) is 0 Å². The average molecular weight is 264 g/mol. The SMILES string of the molecule is CCCNC(C)c1nnc(Nc2cn(C)nc2C)o1. The van der Waals surface area contributed by atoms with Gasteiger partial charge >= 0.3 is 6.01 Å². The van der Waals surface area contributed by atoms with Crippen LogP contribution in [-0.4, -0.2) is 26.5 Å². The summed E-state index contributed by atoms with van der Waals surface area (Å²) in [5.41, 5.74) is 1.76. The highest BCUT2D eigenvalue weighted by Gasteiger charge is 2.14. The monoisotopic (exact) mass is 264 g/mol. The standard InChI is InChI=1S/C12H20N6O/c1-5-6-13-9(3)11-15-16-12(19-11)14-10-7-18(4)17-8(10)2/h7,9,13H,5-6H2,1-4H3,(H,14,16). The first-order chi connectivity index (χ1) is 9.10. The summed E-state index contributed by atoms with van der Waals surface area (Å²) in [4.78, 5) is 0. The molecule has 7 nitrogen and oxygen atoms in total. The van der Waals surface area contributed by atoms with Gasteiger partial charge in [-0.15, -0.1) is 5.10 Å². The van der Waals surface area contributed by atoms with Crippen molar-refractivity contribution in [3.63, 3.8) is 0 Å². The minimum Gasteiger partial charge on any atom is -0.406 e. The summed E-state index contributed by atoms with van der Waals surface area (Å²) in [5.74, 6) is 0.581. The Hall–Kier alpha value is -1.89. The molecule has 0 aliphatic carbocycles. The molecule has 1 atom stereocenters. The second-order valence-electron chi connectivity index (χ2n) is 4.55. The normalized spacial score (nSPS) is 12.6. The first kappa shape index (κ1) is 13.5. The lowest BCUT2D eigenvalue weighted by molar-refractivity contribution is 0.424. The number of nitrogens with one attached hydrogen (secondary N) is 2. The van der Waals surface area contributed by atoms with Crippen molar-refractivity contribution in [2.24, 2.45) is 7.05 Å². The molecule has 2 aromatic heterocycles. The van der Waals surface area contributed by atoms with Crippen LogP contribution in [0.2, 0.25) is 0 Å². The molecule has 2 heterocycles. The van der Waals surface area contributed by atoms with Crippen LogP contribution in [0.15, 0.2) is 10.6 Å². The van der Waals surface area contributed by atoms with Crippen molar-refractivity contribution in [3.8, 4) is 0 Å². The molecular weight excluding hydrogens is 244 g/mol. The maximum Gasteiger partial charge on any atom is 0.320 e. The number of hydrogen-bond donors (Lipinski definition) is 2. The largest absolute Gasteiger partial charge is 0.406 e. The van der Waals surface area contributed by atoms with E-state index in [2.05, 4.69) is 32.9 Å². The van der Waals surface area contributed by atoms with Crippen LogP contribution >= 0.6 is 0 Å². The van der Waals surface area contributed by atoms with E-state index in [9.17, 15) is 0 Å². The second kappa shape index (κ2) is 5.83. The van der Waals surface area contributed by atoms with Gasteiger partial charge in [0.1, 0.15) is 0 Å². The van der Waals surface area contributed by atoms with E-state index in [0.717, 1.165) is 24.3 Å². The Morgan fingerprint density at radius 3 is 2.84 bits per heavy atom. The molecule has 0 amide bonds. The summed E-state index contributed by atoms with van der Waals surface area (Å²) < 4.78 is 7.31. The zero-order valence-electron chi connectivity index (χ0n) is 11.8. The van der Waals surface area contributed by atoms with E-state index in [0.29, 0.717) is 11.9 Å². The van der Waals surface area contributed by atoms with Crippen LogP contribution in [0.5, 0.6) is 0 Å². The van der Waals surface area contributed by atoms with Crippen LogP contribution in [0.4, 0.5) is 11.7 Å². The molecule has 0 aliphatic rings. The lowest BCUT2D eigenvalue weighted by Gasteiger charge is -2.07. The summed E-state index contributed by atoms with van der Waals surface area (Å²) >= 11 is 0. The summed E-state index contributed by atoms with van der Waals surface area (Å²) in [6.45, 7) is 6.97. The number of hydrogen-bond acceptors (Lipinski definition) is 6. The molecule has 19 heavy (non-hydrogen) atoms. The van der Waals surface area contributed by atoms with Gasteiger partial charge in [0.25, 0.3) is 0 Å². The highest BCUT2D eigenvalue weighted by molar-refractivity contribution is 5.53. The first-order valence-corrected chi connectivity index (χ1v) is 6.44. The van der Waals surface area contributed by atoms with Crippen LogP contribution in [0.3, 0.4) is 0 Å². The van der Waals surface area contributed by atoms with E-state index in [1.165, 1.54) is 0 Å². The molecule has 0 aliphatic heterocycles. The van der Waals surface area contributed by atoms with E-state index in [1.54, 1.807) is 4.68 Å². The smallest absolute Gasteiger partial charge is 0.320 e. The van der Waals surface area contributed by atoms with Crippen LogP contribution in [0.1, 0.15) is 37.9 Å². The summed E-state index contributed by atoms with van der Waals surface area (Å²) in [5, 5.41) is 18.6. The van der Waals surface area contributed by atoms with Crippen molar-refractivity contribution in [1.82, 2.24) is 25.3 Å². The molecule has 2 aromatic rings. The van der Waals surface area contributed by atoms with Crippen LogP contribution in [0.25, 0.3) is 0 Å². The zero-order chi connectivity index (χ0) is 13.8. The maximum atomic E-state index is 5.58. The third kappa shape index (κ3) is 3.31. The Morgan fingerprint density at radius 2 is 2.21 bits per heavy atom. The average Bonchev–Trinajstić information content (AvgIpc) is 2.94. The lowest BCUT2D eigenvalue weighted by atomic mass is 10.3. The Kier molecular flexibility index (Phi) is 4.16. The molecule has 0 fully saturated rings. The topological polar surface area (TPSA) is 80.8 Å². The number of nitrogens with zero attached hydrogens (tertiary/aromatic N) is 4. The Balaban J connectivity index is 2.03. The van der Waals surface area contributed by atoms with Crippen molar-refractivity contribution >= 4 is 11.7 Å². The number of aryl methyl sites for hydroxylation is 2. The molecule has 104 valence electrons. The van der Waals surface area contributed by atoms with Crippen molar-refractivity contribution in [2.45, 2.75) is 33.2 Å². The van der Waals surface area contributed by atoms with Gasteiger partial charge < -0.3 is 15.1 Å². The van der Waals surface area contributed by atoms with Crippen molar-refractivity contribution in [2.75, 3.05) is 11.9 Å². The highest BCUT2D eigenvalue weighted by atomic mass is 16.4. The van der Waals surface area contributed by atoms with E-state index >= 15 is 0 Å². The molecular formula is C12H20N6O. The summed E-state index contributed by atoms with van der Waals surface area (Å²) in [6.07, 6.45) is 2.94. The predicted octanol–water partition coefficient (Wildman–Crippen LogP) is 1.92. The van der Waals surface area contributed by atoms with Gasteiger partial charge in [0.05, 0.1) is 17.4 Å². The molecule has 2 rings (SSSR count). The van der Waals surface area contributed by atoms with Gasteiger partial charge in [-0.25, -0.2) is 0 Å². The quantitative estimate of drug-likeness (QED) is 0.829. The summed E-state index contributed by atoms with van der Waals surface area (Å²) in [6, 6.07) is 0.439. The van der Waals surface area contributed by atoms with Crippen molar-refractivity contribution in [3.05, 3.63) is 17.8 Å². The fourth-order valence-electron chi connectivity index (χ4n) is 1.75. The van der Waals surface area contributed by atoms with Gasteiger partial charge in [0, 0.05) is 13.2 Å². The third-order valence-corrected chi connectivity index (χ3v) is 2.77. The fraction of sp³-hybridized carbons (Fsp3) is 0.583. The van der Waals surface area contributed by atoms with Crippen LogP contribution in [0, 0.1) is 6.92 Å². The lowest BCUT2D eigenvalue weighted by Crippen LogP contribution is -2.19. The van der Waals surface area contributed by atoms with E-state index in [-0.39, 0.29) is 6.04 Å². The van der Waals surface area contributed by atoms with Crippen molar-refractivity contribution in [1.29, 1.82) is 0 Å². The molecule has 1 unspecified atom stereocenters. The first-order valence-electron chi connectivity index (χ1n) is 6.44. The van der Waals surface area contributed by atoms with Gasteiger partial charge in [-0.2, -0.15) is 5.10 Å². The molecule has 7 heteroatoms. The van der Waals surface area contributed by atoms with Gasteiger partial charge in [-0.1, -0.05) is 12.0 Å². The van der Waals surface area contributed by atoms with E-state index < -0.39 is 0 Å². The minimum atomic E-state index is 0.0537.